The van der Waals surface area contributed by atoms with Crippen molar-refractivity contribution in [1.82, 2.24) is 9.55 Å². The lowest BCUT2D eigenvalue weighted by molar-refractivity contribution is 0.285. The fraction of sp³-hybridized carbons (Fsp3) is 0.345. The maximum atomic E-state index is 6.05. The molecule has 1 unspecified atom stereocenters. The topological polar surface area (TPSA) is 36.3 Å². The van der Waals surface area contributed by atoms with Crippen LogP contribution in [0.3, 0.4) is 0 Å². The number of hydrogen-bond acceptors (Lipinski definition) is 3. The highest BCUT2D eigenvalue weighted by Gasteiger charge is 2.11. The molecule has 4 heteroatoms. The third kappa shape index (κ3) is 5.95. The summed E-state index contributed by atoms with van der Waals surface area (Å²) in [5, 5.41) is 0. The van der Waals surface area contributed by atoms with Gasteiger partial charge in [0.25, 0.3) is 0 Å². The molecule has 0 fully saturated rings. The molecular formula is C29H34N2O2. The van der Waals surface area contributed by atoms with Crippen LogP contribution in [0.4, 0.5) is 0 Å². The van der Waals surface area contributed by atoms with Crippen LogP contribution in [0.2, 0.25) is 0 Å². The minimum atomic E-state index is 0.456. The second-order valence-electron chi connectivity index (χ2n) is 8.71. The zero-order chi connectivity index (χ0) is 23.0. The van der Waals surface area contributed by atoms with Gasteiger partial charge in [0.1, 0.15) is 23.9 Å². The Kier molecular flexibility index (Phi) is 7.66. The second-order valence-corrected chi connectivity index (χ2v) is 8.71. The van der Waals surface area contributed by atoms with Crippen LogP contribution in [0.15, 0.2) is 72.8 Å². The number of hydrogen-bond donors (Lipinski definition) is 0. The van der Waals surface area contributed by atoms with Gasteiger partial charge in [0.05, 0.1) is 17.6 Å². The molecule has 0 aliphatic heterocycles. The van der Waals surface area contributed by atoms with Gasteiger partial charge in [-0.2, -0.15) is 0 Å². The zero-order valence-electron chi connectivity index (χ0n) is 20.0. The van der Waals surface area contributed by atoms with Crippen LogP contribution in [0.5, 0.6) is 11.5 Å². The van der Waals surface area contributed by atoms with Crippen LogP contribution in [0.1, 0.15) is 56.0 Å². The second kappa shape index (κ2) is 11.0. The summed E-state index contributed by atoms with van der Waals surface area (Å²) in [4.78, 5) is 4.83. The molecule has 0 N–H and O–H groups in total. The Bertz CT molecular complexity index is 1160. The molecule has 0 aliphatic carbocycles. The predicted octanol–water partition coefficient (Wildman–Crippen LogP) is 7.30. The van der Waals surface area contributed by atoms with Gasteiger partial charge >= 0.3 is 0 Å². The smallest absolute Gasteiger partial charge is 0.147 e. The molecule has 1 heterocycles. The van der Waals surface area contributed by atoms with Crippen LogP contribution in [-0.2, 0) is 13.2 Å². The fourth-order valence-corrected chi connectivity index (χ4v) is 4.03. The Morgan fingerprint density at radius 2 is 1.70 bits per heavy atom. The Balaban J connectivity index is 1.33. The van der Waals surface area contributed by atoms with E-state index in [1.54, 1.807) is 0 Å². The molecule has 3 aromatic carbocycles. The molecule has 0 radical (unpaired) electrons. The van der Waals surface area contributed by atoms with E-state index in [9.17, 15) is 0 Å². The first-order chi connectivity index (χ1) is 16.1. The van der Waals surface area contributed by atoms with Crippen molar-refractivity contribution in [2.45, 2.75) is 59.1 Å². The van der Waals surface area contributed by atoms with Gasteiger partial charge in [0.2, 0.25) is 0 Å². The first kappa shape index (κ1) is 22.9. The van der Waals surface area contributed by atoms with Crippen molar-refractivity contribution < 1.29 is 9.47 Å². The van der Waals surface area contributed by atoms with Gasteiger partial charge in [-0.15, -0.1) is 0 Å². The SMILES string of the molecule is CCC(C)c1ccc(OCCCCn2c(COc3cccc(C)c3)nc3ccccc32)cc1. The molecule has 1 atom stereocenters. The van der Waals surface area contributed by atoms with Gasteiger partial charge in [-0.25, -0.2) is 4.98 Å². The highest BCUT2D eigenvalue weighted by molar-refractivity contribution is 5.75. The number of fused-ring (bicyclic) bond motifs is 1. The Morgan fingerprint density at radius 3 is 2.48 bits per heavy atom. The summed E-state index contributed by atoms with van der Waals surface area (Å²) in [5.74, 6) is 3.37. The van der Waals surface area contributed by atoms with Crippen LogP contribution in [0.25, 0.3) is 11.0 Å². The monoisotopic (exact) mass is 442 g/mol. The summed E-state index contributed by atoms with van der Waals surface area (Å²) in [6.07, 6.45) is 3.15. The molecule has 0 saturated heterocycles. The molecule has 0 bridgehead atoms. The van der Waals surface area contributed by atoms with Gasteiger partial charge in [0, 0.05) is 6.54 Å². The molecule has 4 aromatic rings. The van der Waals surface area contributed by atoms with E-state index in [2.05, 4.69) is 79.9 Å². The molecule has 0 amide bonds. The number of imidazole rings is 1. The summed E-state index contributed by atoms with van der Waals surface area (Å²) < 4.78 is 14.3. The quantitative estimate of drug-likeness (QED) is 0.229. The average Bonchev–Trinajstić information content (AvgIpc) is 3.20. The number of aryl methyl sites for hydroxylation is 2. The summed E-state index contributed by atoms with van der Waals surface area (Å²) in [7, 11) is 0. The lowest BCUT2D eigenvalue weighted by Gasteiger charge is -2.12. The van der Waals surface area contributed by atoms with E-state index in [-0.39, 0.29) is 0 Å². The fourth-order valence-electron chi connectivity index (χ4n) is 4.03. The molecule has 33 heavy (non-hydrogen) atoms. The summed E-state index contributed by atoms with van der Waals surface area (Å²) in [5.41, 5.74) is 4.73. The van der Waals surface area contributed by atoms with Gasteiger partial charge in [0.15, 0.2) is 0 Å². The molecular weight excluding hydrogens is 408 g/mol. The van der Waals surface area contributed by atoms with Crippen molar-refractivity contribution in [2.24, 2.45) is 0 Å². The minimum absolute atomic E-state index is 0.456. The van der Waals surface area contributed by atoms with Gasteiger partial charge in [-0.1, -0.05) is 50.2 Å². The summed E-state index contributed by atoms with van der Waals surface area (Å²) in [6, 6.07) is 25.0. The number of ether oxygens (including phenoxy) is 2. The summed E-state index contributed by atoms with van der Waals surface area (Å²) in [6.45, 7) is 8.61. The van der Waals surface area contributed by atoms with Crippen molar-refractivity contribution >= 4 is 11.0 Å². The Labute approximate surface area is 197 Å². The van der Waals surface area contributed by atoms with Gasteiger partial charge in [-0.05, 0) is 79.6 Å². The lowest BCUT2D eigenvalue weighted by Crippen LogP contribution is -2.09. The molecule has 4 rings (SSSR count). The number of para-hydroxylation sites is 2. The number of unbranched alkanes of at least 4 members (excludes halogenated alkanes) is 1. The van der Waals surface area contributed by atoms with E-state index in [1.807, 2.05) is 18.2 Å². The van der Waals surface area contributed by atoms with Crippen LogP contribution < -0.4 is 9.47 Å². The maximum Gasteiger partial charge on any atom is 0.147 e. The van der Waals surface area contributed by atoms with E-state index in [4.69, 9.17) is 14.5 Å². The van der Waals surface area contributed by atoms with E-state index < -0.39 is 0 Å². The third-order valence-corrected chi connectivity index (χ3v) is 6.20. The molecule has 172 valence electrons. The standard InChI is InChI=1S/C29H34N2O2/c1-4-23(3)24-14-16-25(17-15-24)32-19-8-7-18-31-28-13-6-5-12-27(28)30-29(31)21-33-26-11-9-10-22(2)20-26/h5-6,9-17,20,23H,4,7-8,18-19,21H2,1-3H3. The Morgan fingerprint density at radius 1 is 0.879 bits per heavy atom. The number of nitrogens with zero attached hydrogens (tertiary/aromatic N) is 2. The van der Waals surface area contributed by atoms with Crippen molar-refractivity contribution in [2.75, 3.05) is 6.61 Å². The van der Waals surface area contributed by atoms with E-state index in [0.29, 0.717) is 19.1 Å². The number of rotatable bonds is 11. The van der Waals surface area contributed by atoms with Gasteiger partial charge < -0.3 is 14.0 Å². The molecule has 0 saturated carbocycles. The van der Waals surface area contributed by atoms with Crippen molar-refractivity contribution in [1.29, 1.82) is 0 Å². The largest absolute Gasteiger partial charge is 0.494 e. The maximum absolute atomic E-state index is 6.05. The van der Waals surface area contributed by atoms with E-state index >= 15 is 0 Å². The van der Waals surface area contributed by atoms with Crippen LogP contribution in [0, 0.1) is 6.92 Å². The van der Waals surface area contributed by atoms with Crippen LogP contribution in [-0.4, -0.2) is 16.2 Å². The van der Waals surface area contributed by atoms with Crippen LogP contribution >= 0.6 is 0 Å². The normalized spacial score (nSPS) is 12.1. The zero-order valence-corrected chi connectivity index (χ0v) is 20.0. The van der Waals surface area contributed by atoms with Crippen molar-refractivity contribution in [3.8, 4) is 11.5 Å². The first-order valence-electron chi connectivity index (χ1n) is 12.0. The Hall–Kier alpha value is -3.27. The van der Waals surface area contributed by atoms with Crippen molar-refractivity contribution in [3.05, 3.63) is 89.7 Å². The lowest BCUT2D eigenvalue weighted by atomic mass is 9.99. The number of benzene rings is 3. The molecule has 1 aromatic heterocycles. The molecule has 0 aliphatic rings. The summed E-state index contributed by atoms with van der Waals surface area (Å²) >= 11 is 0. The molecule has 4 nitrogen and oxygen atoms in total. The minimum Gasteiger partial charge on any atom is -0.494 e. The van der Waals surface area contributed by atoms with E-state index in [0.717, 1.165) is 54.2 Å². The highest BCUT2D eigenvalue weighted by Crippen LogP contribution is 2.22. The van der Waals surface area contributed by atoms with Gasteiger partial charge in [-0.3, -0.25) is 0 Å². The average molecular weight is 443 g/mol. The first-order valence-corrected chi connectivity index (χ1v) is 12.0. The molecule has 0 spiro atoms. The predicted molar refractivity (Wildman–Crippen MR) is 135 cm³/mol. The third-order valence-electron chi connectivity index (χ3n) is 6.20. The number of aromatic nitrogens is 2. The van der Waals surface area contributed by atoms with Crippen molar-refractivity contribution in [3.63, 3.8) is 0 Å². The van der Waals surface area contributed by atoms with E-state index in [1.165, 1.54) is 11.1 Å². The highest BCUT2D eigenvalue weighted by atomic mass is 16.5.